The van der Waals surface area contributed by atoms with Crippen LogP contribution in [0.2, 0.25) is 0 Å². The first-order valence-electron chi connectivity index (χ1n) is 45.5. The van der Waals surface area contributed by atoms with E-state index in [-0.39, 0.29) is 0 Å². The van der Waals surface area contributed by atoms with Crippen LogP contribution in [0.3, 0.4) is 0 Å². The Bertz CT molecular complexity index is 7370. The molecule has 0 saturated carbocycles. The van der Waals surface area contributed by atoms with Gasteiger partial charge >= 0.3 is 0 Å². The summed E-state index contributed by atoms with van der Waals surface area (Å²) in [6.45, 7) is 56.2. The molecule has 0 saturated heterocycles. The quantitative estimate of drug-likeness (QED) is 0.138. The molecule has 0 bridgehead atoms. The summed E-state index contributed by atoms with van der Waals surface area (Å²) in [7, 11) is 0. The number of hydrogen-bond donors (Lipinski definition) is 0. The van der Waals surface area contributed by atoms with Crippen LogP contribution in [-0.4, -0.2) is 79.7 Å². The summed E-state index contributed by atoms with van der Waals surface area (Å²) in [5, 5.41) is 0. The average Bonchev–Trinajstić information content (AvgIpc) is 1.59. The van der Waals surface area contributed by atoms with Crippen LogP contribution in [-0.2, 0) is 51.4 Å². The van der Waals surface area contributed by atoms with E-state index in [4.69, 9.17) is 4.98 Å². The van der Waals surface area contributed by atoms with Gasteiger partial charge in [0, 0.05) is 161 Å². The van der Waals surface area contributed by atoms with E-state index in [0.717, 1.165) is 91.4 Å². The molecular weight excluding hydrogens is 1590 g/mol. The fraction of sp³-hybridized carbons (Fsp3) is 0.298. The summed E-state index contributed by atoms with van der Waals surface area (Å²) in [5.74, 6) is 0.862. The van der Waals surface area contributed by atoms with E-state index in [9.17, 15) is 0 Å². The zero-order chi connectivity index (χ0) is 92.0. The molecule has 16 aromatic rings. The van der Waals surface area contributed by atoms with E-state index in [1.807, 2.05) is 44.1 Å². The normalized spacial score (nSPS) is 12.4. The molecule has 0 radical (unpaired) electrons. The third-order valence-electron chi connectivity index (χ3n) is 29.8. The number of pyridine rings is 2. The first kappa shape index (κ1) is 88.4. The van der Waals surface area contributed by atoms with Crippen LogP contribution < -0.4 is 0 Å². The molecule has 7 aromatic carbocycles. The SMILES string of the molecule is Cc1c(C)c(C)c2c(c1C)Cc1ncncc1-2.Cc1cc(C)c2c(c1C)Cc1ncncc1-2.Cc1cc2c(c(C)c1C)Cc1ncnc(C)c1-2.Cc1cc2c(c(C)c1C)Cc1ncncc1-2.Cc1cc2c(nc1C)Cc1c-2cnc(C)c1C.Cc1ccc2c(c1C)Cc1ncnc(C)c1-2.Cc1ccc2c(c1C)Cc1ncncc1-2.Cc1ncc2c(n1)Cc1c-2ccc(C)c1C. The fourth-order valence-corrected chi connectivity index (χ4v) is 20.4. The highest BCUT2D eigenvalue weighted by molar-refractivity contribution is 5.85. The second-order valence-electron chi connectivity index (χ2n) is 36.9. The van der Waals surface area contributed by atoms with Crippen molar-refractivity contribution in [2.24, 2.45) is 0 Å². The smallest absolute Gasteiger partial charge is 0.125 e. The van der Waals surface area contributed by atoms with E-state index in [1.54, 1.807) is 38.0 Å². The maximum Gasteiger partial charge on any atom is 0.125 e. The molecule has 8 aliphatic carbocycles. The van der Waals surface area contributed by atoms with Gasteiger partial charge in [-0.2, -0.15) is 0 Å². The zero-order valence-electron chi connectivity index (χ0n) is 80.5. The monoisotopic (exact) mass is 1710 g/mol. The van der Waals surface area contributed by atoms with Crippen molar-refractivity contribution in [3.63, 3.8) is 0 Å². The van der Waals surface area contributed by atoms with Crippen LogP contribution in [0.25, 0.3) is 89.0 Å². The van der Waals surface area contributed by atoms with Gasteiger partial charge in [-0.15, -0.1) is 0 Å². The Kier molecular flexibility index (Phi) is 24.1. The summed E-state index contributed by atoms with van der Waals surface area (Å²) in [6, 6.07) is 22.2. The van der Waals surface area contributed by atoms with Crippen LogP contribution in [0.15, 0.2) is 136 Å². The lowest BCUT2D eigenvalue weighted by Gasteiger charge is -2.15. The van der Waals surface area contributed by atoms with Crippen molar-refractivity contribution in [2.75, 3.05) is 0 Å². The Morgan fingerprint density at radius 3 is 1.06 bits per heavy atom. The van der Waals surface area contributed by atoms with Gasteiger partial charge in [-0.3, -0.25) is 9.97 Å². The molecule has 24 rings (SSSR count). The molecule has 16 nitrogen and oxygen atoms in total. The Labute approximate surface area is 766 Å². The molecule has 8 aliphatic rings. The van der Waals surface area contributed by atoms with Crippen LogP contribution >= 0.6 is 0 Å². The summed E-state index contributed by atoms with van der Waals surface area (Å²) in [4.78, 5) is 69.4. The number of aromatic nitrogens is 16. The molecule has 652 valence electrons. The highest BCUT2D eigenvalue weighted by atomic mass is 14.9. The van der Waals surface area contributed by atoms with Crippen molar-refractivity contribution in [2.45, 2.75) is 231 Å². The average molecular weight is 1710 g/mol. The number of rotatable bonds is 0. The van der Waals surface area contributed by atoms with Crippen LogP contribution in [0.1, 0.15) is 235 Å². The third kappa shape index (κ3) is 16.0. The van der Waals surface area contributed by atoms with Gasteiger partial charge in [-0.1, -0.05) is 54.6 Å². The number of benzene rings is 7. The molecule has 16 heteroatoms. The minimum Gasteiger partial charge on any atom is -0.261 e. The second kappa shape index (κ2) is 35.5. The molecule has 0 unspecified atom stereocenters. The van der Waals surface area contributed by atoms with Crippen LogP contribution in [0, 0.1) is 180 Å². The van der Waals surface area contributed by atoms with Crippen molar-refractivity contribution in [1.82, 2.24) is 79.7 Å². The molecule has 130 heavy (non-hydrogen) atoms. The molecule has 0 fully saturated rings. The standard InChI is InChI=1S/3C15H16N2.4C14H14N2.C13H12N2/c1-8-9(2)11(4)15-12(10(8)3)5-14-13(15)6-16-7-17-14;1-8-5-13-14-7-16-11(4)9(2)12(14)6-15(13)17-10(8)3;1-8-5-13-12(10(3)9(8)2)6-14-15(13)11(4)16-7-17-14;1-8-4-12-11(10(3)9(8)2)5-14-13(12)6-15-7-16-14;1-8-4-9(2)14-11(10(8)3)5-13-12(14)6-15-7-16-13;1-8-4-5-11-12(9(8)2)6-14-13(11)7-15-10(3)16-14;1-8-4-5-11-12(9(8)2)6-13-14(11)10(3)15-7-16-13;1-8-3-4-10-11(9(8)2)5-13-12(10)6-14-7-15-13/h6-7H,5H2,1-4H3;2*5,7H,6H2,1-4H3;2*4,6-7H,5H2,1-3H3;2*4-5,7H,6H2,1-3H3;3-4,6-7H,5H2,1-2H3. The lowest BCUT2D eigenvalue weighted by atomic mass is 9.89. The largest absolute Gasteiger partial charge is 0.261 e. The third-order valence-corrected chi connectivity index (χ3v) is 29.8. The van der Waals surface area contributed by atoms with E-state index in [1.165, 1.54) is 285 Å². The lowest BCUT2D eigenvalue weighted by Crippen LogP contribution is -1.98. The number of aryl methyl sites for hydroxylation is 13. The number of nitrogens with zero attached hydrogens (tertiary/aromatic N) is 16. The Morgan fingerprint density at radius 1 is 0.169 bits per heavy atom. The summed E-state index contributed by atoms with van der Waals surface area (Å²) >= 11 is 0. The zero-order valence-corrected chi connectivity index (χ0v) is 80.5. The molecule has 0 amide bonds. The maximum atomic E-state index is 4.71. The maximum absolute atomic E-state index is 4.71. The molecule has 0 atom stereocenters. The topological polar surface area (TPSA) is 206 Å². The van der Waals surface area contributed by atoms with Gasteiger partial charge in [0.05, 0.1) is 45.6 Å². The van der Waals surface area contributed by atoms with Crippen molar-refractivity contribution < 1.29 is 0 Å². The fourth-order valence-electron chi connectivity index (χ4n) is 20.4. The minimum absolute atomic E-state index is 0.862. The second-order valence-corrected chi connectivity index (χ2v) is 36.9. The predicted octanol–water partition coefficient (Wildman–Crippen LogP) is 24.4. The van der Waals surface area contributed by atoms with E-state index in [0.29, 0.717) is 0 Å². The van der Waals surface area contributed by atoms with Gasteiger partial charge in [-0.05, 0) is 386 Å². The van der Waals surface area contributed by atoms with Gasteiger partial charge < -0.3 is 0 Å². The van der Waals surface area contributed by atoms with Crippen molar-refractivity contribution in [1.29, 1.82) is 0 Å². The number of fused-ring (bicyclic) bond motifs is 24. The highest BCUT2D eigenvalue weighted by Crippen LogP contribution is 2.48. The molecule has 0 N–H and O–H groups in total. The molecule has 0 spiro atoms. The molecule has 0 aliphatic heterocycles. The van der Waals surface area contributed by atoms with Gasteiger partial charge in [0.25, 0.3) is 0 Å². The summed E-state index contributed by atoms with van der Waals surface area (Å²) in [6.07, 6.45) is 29.3. The van der Waals surface area contributed by atoms with Gasteiger partial charge in [0.15, 0.2) is 0 Å². The number of hydrogen-bond acceptors (Lipinski definition) is 16. The first-order valence-corrected chi connectivity index (χ1v) is 45.5. The Hall–Kier alpha value is -13.6. The minimum atomic E-state index is 0.862. The van der Waals surface area contributed by atoms with Gasteiger partial charge in [-0.25, -0.2) is 69.8 Å². The molecule has 9 aromatic heterocycles. The van der Waals surface area contributed by atoms with Crippen molar-refractivity contribution in [3.05, 3.63) is 371 Å². The lowest BCUT2D eigenvalue weighted by molar-refractivity contribution is 0.991. The predicted molar refractivity (Wildman–Crippen MR) is 525 cm³/mol. The highest BCUT2D eigenvalue weighted by Gasteiger charge is 2.32. The van der Waals surface area contributed by atoms with Crippen molar-refractivity contribution >= 4 is 0 Å². The van der Waals surface area contributed by atoms with Gasteiger partial charge in [0.2, 0.25) is 0 Å². The van der Waals surface area contributed by atoms with Crippen LogP contribution in [0.4, 0.5) is 0 Å². The van der Waals surface area contributed by atoms with E-state index < -0.39 is 0 Å². The summed E-state index contributed by atoms with van der Waals surface area (Å²) in [5.41, 5.74) is 74.7. The van der Waals surface area contributed by atoms with E-state index >= 15 is 0 Å². The van der Waals surface area contributed by atoms with E-state index in [2.05, 4.69) is 309 Å². The Morgan fingerprint density at radius 2 is 0.523 bits per heavy atom. The van der Waals surface area contributed by atoms with Gasteiger partial charge in [0.1, 0.15) is 43.8 Å². The summed E-state index contributed by atoms with van der Waals surface area (Å²) < 4.78 is 0. The van der Waals surface area contributed by atoms with Crippen LogP contribution in [0.5, 0.6) is 0 Å². The molecule has 9 heterocycles. The van der Waals surface area contributed by atoms with Crippen molar-refractivity contribution in [3.8, 4) is 89.0 Å². The first-order chi connectivity index (χ1) is 62.3. The Balaban J connectivity index is 0.000000104. The molecular formula is C114H116N16.